The minimum Gasteiger partial charge on any atom is -0.304 e. The summed E-state index contributed by atoms with van der Waals surface area (Å²) in [7, 11) is 0. The van der Waals surface area contributed by atoms with Gasteiger partial charge in [-0.2, -0.15) is 0 Å². The fourth-order valence-electron chi connectivity index (χ4n) is 2.99. The average Bonchev–Trinajstić information content (AvgIpc) is 2.60. The highest BCUT2D eigenvalue weighted by atomic mass is 127. The molecule has 0 aromatic heterocycles. The van der Waals surface area contributed by atoms with Crippen molar-refractivity contribution in [3.8, 4) is 0 Å². The van der Waals surface area contributed by atoms with Gasteiger partial charge in [0, 0.05) is 0 Å². The van der Waals surface area contributed by atoms with Crippen molar-refractivity contribution in [2.45, 2.75) is 65.2 Å². The van der Waals surface area contributed by atoms with Gasteiger partial charge in [-0.05, 0) is 36.8 Å². The van der Waals surface area contributed by atoms with Crippen molar-refractivity contribution in [1.29, 1.82) is 0 Å². The molecular weight excluding hydrogens is 413 g/mol. The molecule has 0 aliphatic rings. The summed E-state index contributed by atoms with van der Waals surface area (Å²) in [6.07, 6.45) is 9.74. The molecule has 0 unspecified atom stereocenters. The number of alkyl halides is 1. The number of carbonyl (C=O) groups excluding carboxylic acids is 2. The van der Waals surface area contributed by atoms with E-state index in [2.05, 4.69) is 54.6 Å². The third-order valence-electron chi connectivity index (χ3n) is 4.24. The Morgan fingerprint density at radius 2 is 1.58 bits per heavy atom. The largest absolute Gasteiger partial charge is 0.304 e. The number of rotatable bonds is 12. The molecule has 1 rings (SSSR count). The molecule has 0 N–H and O–H groups in total. The van der Waals surface area contributed by atoms with Crippen LogP contribution in [0.25, 0.3) is 0 Å². The summed E-state index contributed by atoms with van der Waals surface area (Å²) in [5.41, 5.74) is 3.41. The van der Waals surface area contributed by atoms with E-state index in [0.717, 1.165) is 37.7 Å². The number of hydrogen-bond donors (Lipinski definition) is 0. The van der Waals surface area contributed by atoms with Gasteiger partial charge in [-0.3, -0.25) is 4.79 Å². The Kier molecular flexibility index (Phi) is 11.0. The number of para-hydroxylation sites is 1. The maximum absolute atomic E-state index is 12.4. The maximum atomic E-state index is 12.4. The highest BCUT2D eigenvalue weighted by Crippen LogP contribution is 2.29. The molecule has 0 aliphatic carbocycles. The minimum atomic E-state index is 0.0161. The SMILES string of the molecule is CCCCCc1cccc(CCCCC)c1N(CC=O)C(=O)CI. The van der Waals surface area contributed by atoms with Crippen LogP contribution in [0.2, 0.25) is 0 Å². The van der Waals surface area contributed by atoms with E-state index in [0.29, 0.717) is 4.43 Å². The zero-order valence-electron chi connectivity index (χ0n) is 15.0. The molecule has 0 radical (unpaired) electrons. The van der Waals surface area contributed by atoms with Crippen molar-refractivity contribution in [3.05, 3.63) is 29.3 Å². The zero-order chi connectivity index (χ0) is 17.8. The predicted octanol–water partition coefficient (Wildman–Crippen LogP) is 5.12. The van der Waals surface area contributed by atoms with Gasteiger partial charge in [-0.1, -0.05) is 80.3 Å². The fraction of sp³-hybridized carbons (Fsp3) is 0.600. The first-order chi connectivity index (χ1) is 11.7. The van der Waals surface area contributed by atoms with Crippen molar-refractivity contribution in [2.75, 3.05) is 15.9 Å². The standard InChI is InChI=1S/C20H30INO2/c1-3-5-7-10-17-12-9-13-18(11-8-6-4-2)20(17)22(14-15-23)19(24)16-21/h9,12-13,15H,3-8,10-11,14,16H2,1-2H3. The van der Waals surface area contributed by atoms with Gasteiger partial charge in [0.05, 0.1) is 16.7 Å². The van der Waals surface area contributed by atoms with Gasteiger partial charge in [0.2, 0.25) is 5.91 Å². The number of anilines is 1. The molecule has 134 valence electrons. The fourth-order valence-corrected chi connectivity index (χ4v) is 3.40. The molecule has 0 saturated heterocycles. The van der Waals surface area contributed by atoms with Crippen LogP contribution >= 0.6 is 22.6 Å². The molecule has 0 heterocycles. The summed E-state index contributed by atoms with van der Waals surface area (Å²) in [6.45, 7) is 4.54. The first kappa shape index (κ1) is 21.1. The topological polar surface area (TPSA) is 37.4 Å². The Morgan fingerprint density at radius 1 is 1.04 bits per heavy atom. The van der Waals surface area contributed by atoms with Crippen molar-refractivity contribution in [1.82, 2.24) is 0 Å². The van der Waals surface area contributed by atoms with Gasteiger partial charge in [0.25, 0.3) is 0 Å². The number of carbonyl (C=O) groups is 2. The zero-order valence-corrected chi connectivity index (χ0v) is 17.2. The molecular formula is C20H30INO2. The summed E-state index contributed by atoms with van der Waals surface area (Å²) >= 11 is 2.08. The molecule has 0 fully saturated rings. The van der Waals surface area contributed by atoms with Crippen molar-refractivity contribution in [2.24, 2.45) is 0 Å². The summed E-state index contributed by atoms with van der Waals surface area (Å²) in [4.78, 5) is 25.3. The lowest BCUT2D eigenvalue weighted by Gasteiger charge is -2.26. The number of unbranched alkanes of at least 4 members (excludes halogenated alkanes) is 4. The Balaban J connectivity index is 3.19. The highest BCUT2D eigenvalue weighted by molar-refractivity contribution is 14.1. The van der Waals surface area contributed by atoms with Crippen LogP contribution in [0.5, 0.6) is 0 Å². The molecule has 1 aromatic rings. The van der Waals surface area contributed by atoms with E-state index in [1.54, 1.807) is 4.90 Å². The van der Waals surface area contributed by atoms with Crippen LogP contribution in [0.15, 0.2) is 18.2 Å². The van der Waals surface area contributed by atoms with Crippen LogP contribution in [0.1, 0.15) is 63.5 Å². The van der Waals surface area contributed by atoms with E-state index in [-0.39, 0.29) is 12.5 Å². The molecule has 3 nitrogen and oxygen atoms in total. The number of hydrogen-bond acceptors (Lipinski definition) is 2. The molecule has 0 spiro atoms. The van der Waals surface area contributed by atoms with Crippen LogP contribution in [0.4, 0.5) is 5.69 Å². The second-order valence-corrected chi connectivity index (χ2v) is 6.91. The van der Waals surface area contributed by atoms with E-state index >= 15 is 0 Å². The van der Waals surface area contributed by atoms with Crippen LogP contribution in [-0.4, -0.2) is 23.2 Å². The number of aldehydes is 1. The molecule has 24 heavy (non-hydrogen) atoms. The number of halogens is 1. The highest BCUT2D eigenvalue weighted by Gasteiger charge is 2.20. The van der Waals surface area contributed by atoms with Gasteiger partial charge in [0.15, 0.2) is 0 Å². The Bertz CT molecular complexity index is 488. The van der Waals surface area contributed by atoms with E-state index < -0.39 is 0 Å². The lowest BCUT2D eigenvalue weighted by Crippen LogP contribution is -2.35. The number of benzene rings is 1. The Labute approximate surface area is 160 Å². The van der Waals surface area contributed by atoms with E-state index in [1.807, 2.05) is 0 Å². The smallest absolute Gasteiger partial charge is 0.237 e. The summed E-state index contributed by atoms with van der Waals surface area (Å²) in [5.74, 6) is 0.0161. The van der Waals surface area contributed by atoms with E-state index in [9.17, 15) is 9.59 Å². The predicted molar refractivity (Wildman–Crippen MR) is 110 cm³/mol. The van der Waals surface area contributed by atoms with Gasteiger partial charge >= 0.3 is 0 Å². The Hall–Kier alpha value is -0.910. The second-order valence-electron chi connectivity index (χ2n) is 6.14. The minimum absolute atomic E-state index is 0.0161. The van der Waals surface area contributed by atoms with Crippen LogP contribution < -0.4 is 4.90 Å². The van der Waals surface area contributed by atoms with Crippen molar-refractivity contribution < 1.29 is 9.59 Å². The first-order valence-electron chi connectivity index (χ1n) is 9.10. The number of nitrogens with zero attached hydrogens (tertiary/aromatic N) is 1. The first-order valence-corrected chi connectivity index (χ1v) is 10.6. The monoisotopic (exact) mass is 443 g/mol. The molecule has 0 aliphatic heterocycles. The van der Waals surface area contributed by atoms with Crippen LogP contribution in [0.3, 0.4) is 0 Å². The van der Waals surface area contributed by atoms with Gasteiger partial charge < -0.3 is 9.69 Å². The van der Waals surface area contributed by atoms with Gasteiger partial charge in [-0.25, -0.2) is 0 Å². The lowest BCUT2D eigenvalue weighted by molar-refractivity contribution is -0.117. The number of aryl methyl sites for hydroxylation is 2. The third-order valence-corrected chi connectivity index (χ3v) is 4.90. The summed E-state index contributed by atoms with van der Waals surface area (Å²) in [6, 6.07) is 6.33. The number of amides is 1. The maximum Gasteiger partial charge on any atom is 0.237 e. The molecule has 0 atom stereocenters. The molecule has 1 aromatic carbocycles. The Morgan fingerprint density at radius 3 is 2.00 bits per heavy atom. The van der Waals surface area contributed by atoms with Crippen LogP contribution in [0, 0.1) is 0 Å². The second kappa shape index (κ2) is 12.5. The molecule has 1 amide bonds. The van der Waals surface area contributed by atoms with Crippen LogP contribution in [-0.2, 0) is 22.4 Å². The quantitative estimate of drug-likeness (QED) is 0.195. The van der Waals surface area contributed by atoms with Gasteiger partial charge in [0.1, 0.15) is 6.29 Å². The normalized spacial score (nSPS) is 10.6. The van der Waals surface area contributed by atoms with E-state index in [1.165, 1.54) is 36.8 Å². The van der Waals surface area contributed by atoms with Gasteiger partial charge in [-0.15, -0.1) is 0 Å². The molecule has 0 bridgehead atoms. The van der Waals surface area contributed by atoms with Crippen molar-refractivity contribution in [3.63, 3.8) is 0 Å². The summed E-state index contributed by atoms with van der Waals surface area (Å²) < 4.78 is 0.392. The average molecular weight is 443 g/mol. The molecule has 4 heteroatoms. The molecule has 0 saturated carbocycles. The van der Waals surface area contributed by atoms with Crippen molar-refractivity contribution >= 4 is 40.5 Å². The summed E-state index contributed by atoms with van der Waals surface area (Å²) in [5, 5.41) is 0. The lowest BCUT2D eigenvalue weighted by atomic mass is 9.97. The van der Waals surface area contributed by atoms with E-state index in [4.69, 9.17) is 0 Å². The third kappa shape index (κ3) is 6.54.